The average Bonchev–Trinajstić information content (AvgIpc) is 2.44. The number of rotatable bonds is 1. The van der Waals surface area contributed by atoms with Gasteiger partial charge in [-0.15, -0.1) is 0 Å². The number of aromatic nitrogens is 2. The van der Waals surface area contributed by atoms with Crippen molar-refractivity contribution in [2.45, 2.75) is 4.90 Å². The van der Waals surface area contributed by atoms with E-state index < -0.39 is 10.0 Å². The second-order valence-electron chi connectivity index (χ2n) is 4.18. The number of hydrogen-bond donors (Lipinski definition) is 1. The Morgan fingerprint density at radius 3 is 2.65 bits per heavy atom. The molecular formula is C13H8N4O2S. The molecule has 2 aromatic carbocycles. The van der Waals surface area contributed by atoms with E-state index in [-0.39, 0.29) is 15.8 Å². The molecule has 3 rings (SSSR count). The Morgan fingerprint density at radius 1 is 1.20 bits per heavy atom. The minimum Gasteiger partial charge on any atom is -0.253 e. The van der Waals surface area contributed by atoms with E-state index >= 15 is 0 Å². The summed E-state index contributed by atoms with van der Waals surface area (Å²) in [6.45, 7) is 0. The molecule has 0 unspecified atom stereocenters. The predicted octanol–water partition coefficient (Wildman–Crippen LogP) is 1.30. The summed E-state index contributed by atoms with van der Waals surface area (Å²) in [6.07, 6.45) is 3.02. The number of benzene rings is 2. The molecule has 0 saturated carbocycles. The van der Waals surface area contributed by atoms with Gasteiger partial charge in [-0.05, 0) is 12.1 Å². The Balaban J connectivity index is 2.67. The maximum Gasteiger partial charge on any atom is 0.238 e. The number of hydrogen-bond acceptors (Lipinski definition) is 5. The van der Waals surface area contributed by atoms with Crippen LogP contribution in [0.4, 0.5) is 0 Å². The molecule has 98 valence electrons. The van der Waals surface area contributed by atoms with Gasteiger partial charge in [-0.3, -0.25) is 9.97 Å². The monoisotopic (exact) mass is 284 g/mol. The summed E-state index contributed by atoms with van der Waals surface area (Å²) in [5.41, 5.74) is 1.27. The molecule has 0 fully saturated rings. The van der Waals surface area contributed by atoms with Crippen molar-refractivity contribution >= 4 is 31.8 Å². The number of primary sulfonamides is 1. The number of sulfonamides is 1. The molecule has 0 radical (unpaired) electrons. The van der Waals surface area contributed by atoms with E-state index in [1.165, 1.54) is 24.5 Å². The van der Waals surface area contributed by atoms with Crippen LogP contribution in [0, 0.1) is 11.3 Å². The van der Waals surface area contributed by atoms with Crippen LogP contribution in [0.1, 0.15) is 5.56 Å². The molecular weight excluding hydrogens is 276 g/mol. The third-order valence-electron chi connectivity index (χ3n) is 2.99. The van der Waals surface area contributed by atoms with Gasteiger partial charge in [0.25, 0.3) is 0 Å². The van der Waals surface area contributed by atoms with Gasteiger partial charge in [0.05, 0.1) is 27.6 Å². The highest BCUT2D eigenvalue weighted by Crippen LogP contribution is 2.30. The topological polar surface area (TPSA) is 110 Å². The number of nitrogens with two attached hydrogens (primary N) is 1. The lowest BCUT2D eigenvalue weighted by Gasteiger charge is -2.08. The minimum absolute atomic E-state index is 0.0842. The first-order chi connectivity index (χ1) is 9.52. The first-order valence-corrected chi connectivity index (χ1v) is 7.16. The summed E-state index contributed by atoms with van der Waals surface area (Å²) >= 11 is 0. The minimum atomic E-state index is -3.93. The first-order valence-electron chi connectivity index (χ1n) is 5.62. The molecule has 0 bridgehead atoms. The summed E-state index contributed by atoms with van der Waals surface area (Å²) < 4.78 is 23.4. The zero-order valence-electron chi connectivity index (χ0n) is 10.1. The number of nitriles is 1. The molecule has 0 atom stereocenters. The van der Waals surface area contributed by atoms with E-state index in [1.54, 1.807) is 12.1 Å². The summed E-state index contributed by atoms with van der Waals surface area (Å²) in [6, 6.07) is 8.14. The van der Waals surface area contributed by atoms with Crippen LogP contribution in [-0.4, -0.2) is 18.4 Å². The van der Waals surface area contributed by atoms with Crippen LogP contribution in [0.25, 0.3) is 21.8 Å². The Morgan fingerprint density at radius 2 is 1.95 bits per heavy atom. The SMILES string of the molecule is N#Cc1cc2nccnc2c2cccc(S(N)(=O)=O)c12. The average molecular weight is 284 g/mol. The van der Waals surface area contributed by atoms with E-state index in [0.717, 1.165) is 0 Å². The fourth-order valence-corrected chi connectivity index (χ4v) is 2.98. The van der Waals surface area contributed by atoms with Crippen molar-refractivity contribution in [2.75, 3.05) is 0 Å². The molecule has 0 amide bonds. The third kappa shape index (κ3) is 1.79. The maximum atomic E-state index is 11.7. The van der Waals surface area contributed by atoms with Crippen molar-refractivity contribution in [3.63, 3.8) is 0 Å². The third-order valence-corrected chi connectivity index (χ3v) is 3.94. The largest absolute Gasteiger partial charge is 0.253 e. The zero-order chi connectivity index (χ0) is 14.3. The van der Waals surface area contributed by atoms with Crippen molar-refractivity contribution in [1.82, 2.24) is 9.97 Å². The number of nitrogens with zero attached hydrogens (tertiary/aromatic N) is 3. The molecule has 0 aliphatic carbocycles. The fourth-order valence-electron chi connectivity index (χ4n) is 2.20. The highest BCUT2D eigenvalue weighted by atomic mass is 32.2. The second kappa shape index (κ2) is 4.23. The molecule has 2 N–H and O–H groups in total. The van der Waals surface area contributed by atoms with Gasteiger partial charge in [0.1, 0.15) is 0 Å². The van der Waals surface area contributed by atoms with Gasteiger partial charge in [-0.25, -0.2) is 13.6 Å². The fraction of sp³-hybridized carbons (Fsp3) is 0. The van der Waals surface area contributed by atoms with E-state index in [9.17, 15) is 13.7 Å². The van der Waals surface area contributed by atoms with Crippen molar-refractivity contribution in [1.29, 1.82) is 5.26 Å². The second-order valence-corrected chi connectivity index (χ2v) is 5.71. The van der Waals surface area contributed by atoms with Crippen molar-refractivity contribution < 1.29 is 8.42 Å². The quantitative estimate of drug-likeness (QED) is 0.677. The van der Waals surface area contributed by atoms with E-state index in [1.807, 2.05) is 6.07 Å². The van der Waals surface area contributed by atoms with Crippen molar-refractivity contribution in [3.8, 4) is 6.07 Å². The van der Waals surface area contributed by atoms with Crippen molar-refractivity contribution in [3.05, 3.63) is 42.2 Å². The lowest BCUT2D eigenvalue weighted by molar-refractivity contribution is 0.598. The first kappa shape index (κ1) is 12.5. The maximum absolute atomic E-state index is 11.7. The van der Waals surface area contributed by atoms with Crippen LogP contribution in [0.3, 0.4) is 0 Å². The van der Waals surface area contributed by atoms with Gasteiger partial charge in [0.2, 0.25) is 10.0 Å². The summed E-state index contributed by atoms with van der Waals surface area (Å²) in [5, 5.41) is 15.3. The Bertz CT molecular complexity index is 990. The Kier molecular flexibility index (Phi) is 2.64. The predicted molar refractivity (Wildman–Crippen MR) is 73.1 cm³/mol. The van der Waals surface area contributed by atoms with Crippen LogP contribution in [0.2, 0.25) is 0 Å². The van der Waals surface area contributed by atoms with Crippen LogP contribution in [-0.2, 0) is 10.0 Å². The molecule has 0 aliphatic heterocycles. The molecule has 0 spiro atoms. The van der Waals surface area contributed by atoms with Crippen molar-refractivity contribution in [2.24, 2.45) is 5.14 Å². The van der Waals surface area contributed by atoms with E-state index in [0.29, 0.717) is 16.4 Å². The molecule has 3 aromatic rings. The van der Waals surface area contributed by atoms with Gasteiger partial charge >= 0.3 is 0 Å². The molecule has 1 heterocycles. The highest BCUT2D eigenvalue weighted by molar-refractivity contribution is 7.89. The van der Waals surface area contributed by atoms with Gasteiger partial charge < -0.3 is 0 Å². The molecule has 7 heteroatoms. The lowest BCUT2D eigenvalue weighted by atomic mass is 10.0. The Hall–Kier alpha value is -2.56. The van der Waals surface area contributed by atoms with Gasteiger partial charge in [0.15, 0.2) is 0 Å². The van der Waals surface area contributed by atoms with Crippen LogP contribution in [0.5, 0.6) is 0 Å². The molecule has 1 aromatic heterocycles. The number of fused-ring (bicyclic) bond motifs is 3. The smallest absolute Gasteiger partial charge is 0.238 e. The van der Waals surface area contributed by atoms with Crippen LogP contribution >= 0.6 is 0 Å². The molecule has 0 aliphatic rings. The lowest BCUT2D eigenvalue weighted by Crippen LogP contribution is -2.13. The van der Waals surface area contributed by atoms with Gasteiger partial charge in [-0.2, -0.15) is 5.26 Å². The van der Waals surface area contributed by atoms with E-state index in [2.05, 4.69) is 9.97 Å². The normalized spacial score (nSPS) is 11.6. The molecule has 20 heavy (non-hydrogen) atoms. The highest BCUT2D eigenvalue weighted by Gasteiger charge is 2.17. The standard InChI is InChI=1S/C13H8N4O2S/c14-7-8-6-10-13(17-5-4-16-10)9-2-1-3-11(12(8)9)20(15,18)19/h1-6H,(H2,15,18,19). The van der Waals surface area contributed by atoms with E-state index in [4.69, 9.17) is 5.14 Å². The van der Waals surface area contributed by atoms with Crippen LogP contribution in [0.15, 0.2) is 41.6 Å². The van der Waals surface area contributed by atoms with Gasteiger partial charge in [0, 0.05) is 23.2 Å². The van der Waals surface area contributed by atoms with Gasteiger partial charge in [-0.1, -0.05) is 12.1 Å². The molecule has 0 saturated heterocycles. The summed E-state index contributed by atoms with van der Waals surface area (Å²) in [7, 11) is -3.93. The zero-order valence-corrected chi connectivity index (χ0v) is 10.9. The summed E-state index contributed by atoms with van der Waals surface area (Å²) in [4.78, 5) is 8.25. The van der Waals surface area contributed by atoms with Crippen LogP contribution < -0.4 is 5.14 Å². The molecule has 6 nitrogen and oxygen atoms in total. The summed E-state index contributed by atoms with van der Waals surface area (Å²) in [5.74, 6) is 0. The Labute approximate surface area is 114 Å².